The Morgan fingerprint density at radius 3 is 2.35 bits per heavy atom. The van der Waals surface area contributed by atoms with Crippen molar-refractivity contribution in [3.63, 3.8) is 0 Å². The summed E-state index contributed by atoms with van der Waals surface area (Å²) in [6.07, 6.45) is 0.455. The van der Waals surface area contributed by atoms with E-state index >= 15 is 0 Å². The van der Waals surface area contributed by atoms with Gasteiger partial charge in [0.1, 0.15) is 23.3 Å². The molecule has 0 saturated heterocycles. The van der Waals surface area contributed by atoms with Gasteiger partial charge in [0.05, 0.1) is 5.69 Å². The fourth-order valence-electron chi connectivity index (χ4n) is 2.34. The van der Waals surface area contributed by atoms with Crippen LogP contribution >= 0.6 is 23.4 Å². The number of rotatable bonds is 5. The van der Waals surface area contributed by atoms with Crippen molar-refractivity contribution in [2.75, 3.05) is 5.73 Å². The summed E-state index contributed by atoms with van der Waals surface area (Å²) in [5, 5.41) is 10.5. The lowest BCUT2D eigenvalue weighted by molar-refractivity contribution is 0.627. The van der Waals surface area contributed by atoms with Crippen LogP contribution in [0.25, 0.3) is 0 Å². The second kappa shape index (κ2) is 8.17. The summed E-state index contributed by atoms with van der Waals surface area (Å²) >= 11 is 7.29. The maximum atomic E-state index is 13.0. The Labute approximate surface area is 159 Å². The number of nitrogens with two attached hydrogens (primary N) is 1. The second-order valence-electron chi connectivity index (χ2n) is 5.54. The molecule has 2 aromatic carbocycles. The van der Waals surface area contributed by atoms with Gasteiger partial charge in [-0.1, -0.05) is 47.6 Å². The number of hydrogen-bond acceptors (Lipinski definition) is 5. The maximum Gasteiger partial charge on any atom is 0.190 e. The Kier molecular flexibility index (Phi) is 5.71. The van der Waals surface area contributed by atoms with Crippen LogP contribution in [0.15, 0.2) is 53.7 Å². The number of anilines is 1. The molecule has 1 aromatic heterocycles. The summed E-state index contributed by atoms with van der Waals surface area (Å²) in [4.78, 5) is 8.70. The van der Waals surface area contributed by atoms with Gasteiger partial charge in [0.15, 0.2) is 5.16 Å². The van der Waals surface area contributed by atoms with Gasteiger partial charge in [-0.15, -0.1) is 0 Å². The highest BCUT2D eigenvalue weighted by Crippen LogP contribution is 2.24. The van der Waals surface area contributed by atoms with Crippen LogP contribution in [-0.4, -0.2) is 9.97 Å². The monoisotopic (exact) mass is 384 g/mol. The van der Waals surface area contributed by atoms with Gasteiger partial charge in [0, 0.05) is 17.2 Å². The van der Waals surface area contributed by atoms with E-state index in [9.17, 15) is 9.65 Å². The second-order valence-corrected chi connectivity index (χ2v) is 6.92. The van der Waals surface area contributed by atoms with Crippen molar-refractivity contribution >= 4 is 29.2 Å². The third kappa shape index (κ3) is 4.51. The molecule has 0 amide bonds. The molecule has 0 saturated carbocycles. The van der Waals surface area contributed by atoms with Gasteiger partial charge < -0.3 is 5.73 Å². The lowest BCUT2D eigenvalue weighted by atomic mass is 10.1. The number of aromatic nitrogens is 2. The number of hydrogen-bond donors (Lipinski definition) is 1. The normalized spacial score (nSPS) is 10.5. The Bertz CT molecular complexity index is 953. The molecular formula is C19H14ClFN4S. The van der Waals surface area contributed by atoms with E-state index in [1.54, 1.807) is 24.3 Å². The molecule has 3 rings (SSSR count). The average Bonchev–Trinajstić information content (AvgIpc) is 2.63. The first-order chi connectivity index (χ1) is 12.5. The molecule has 0 aliphatic rings. The van der Waals surface area contributed by atoms with Crippen molar-refractivity contribution in [3.05, 3.63) is 81.8 Å². The molecule has 26 heavy (non-hydrogen) atoms. The minimum atomic E-state index is -0.275. The first kappa shape index (κ1) is 18.2. The minimum Gasteiger partial charge on any atom is -0.382 e. The maximum absolute atomic E-state index is 13.0. The van der Waals surface area contributed by atoms with Gasteiger partial charge in [-0.25, -0.2) is 14.4 Å². The van der Waals surface area contributed by atoms with Crippen LogP contribution in [0.4, 0.5) is 10.2 Å². The van der Waals surface area contributed by atoms with Gasteiger partial charge in [0.2, 0.25) is 0 Å². The van der Waals surface area contributed by atoms with E-state index in [0.29, 0.717) is 28.0 Å². The summed E-state index contributed by atoms with van der Waals surface area (Å²) in [6.45, 7) is 0. The molecule has 0 spiro atoms. The zero-order chi connectivity index (χ0) is 18.5. The number of nitriles is 1. The Morgan fingerprint density at radius 1 is 1.04 bits per heavy atom. The number of nitrogen functional groups attached to an aromatic ring is 1. The van der Waals surface area contributed by atoms with E-state index in [1.165, 1.54) is 23.9 Å². The van der Waals surface area contributed by atoms with Crippen LogP contribution < -0.4 is 5.73 Å². The molecule has 4 nitrogen and oxygen atoms in total. The highest BCUT2D eigenvalue weighted by Gasteiger charge is 2.13. The Morgan fingerprint density at radius 2 is 1.69 bits per heavy atom. The molecule has 0 aliphatic carbocycles. The molecule has 0 atom stereocenters. The fourth-order valence-corrected chi connectivity index (χ4v) is 3.29. The highest BCUT2D eigenvalue weighted by molar-refractivity contribution is 7.98. The zero-order valence-corrected chi connectivity index (χ0v) is 15.2. The van der Waals surface area contributed by atoms with Crippen molar-refractivity contribution in [2.24, 2.45) is 0 Å². The third-order valence-corrected chi connectivity index (χ3v) is 4.84. The summed E-state index contributed by atoms with van der Waals surface area (Å²) in [6, 6.07) is 15.7. The van der Waals surface area contributed by atoms with Gasteiger partial charge in [-0.05, 0) is 35.4 Å². The number of thioether (sulfide) groups is 1. The molecule has 2 N–H and O–H groups in total. The summed E-state index contributed by atoms with van der Waals surface area (Å²) in [7, 11) is 0. The molecule has 0 bridgehead atoms. The predicted molar refractivity (Wildman–Crippen MR) is 101 cm³/mol. The van der Waals surface area contributed by atoms with Crippen LogP contribution in [-0.2, 0) is 12.2 Å². The molecule has 130 valence electrons. The van der Waals surface area contributed by atoms with E-state index in [4.69, 9.17) is 17.3 Å². The molecule has 1 heterocycles. The molecule has 7 heteroatoms. The predicted octanol–water partition coefficient (Wildman–Crippen LogP) is 4.61. The van der Waals surface area contributed by atoms with Gasteiger partial charge >= 0.3 is 0 Å². The first-order valence-corrected chi connectivity index (χ1v) is 9.09. The first-order valence-electron chi connectivity index (χ1n) is 7.73. The smallest absolute Gasteiger partial charge is 0.190 e. The van der Waals surface area contributed by atoms with E-state index in [-0.39, 0.29) is 17.2 Å². The SMILES string of the molecule is N#Cc1c(N)nc(SCc2ccc(F)cc2)nc1Cc1ccc(Cl)cc1. The molecule has 0 radical (unpaired) electrons. The highest BCUT2D eigenvalue weighted by atomic mass is 35.5. The molecule has 0 fully saturated rings. The molecular weight excluding hydrogens is 371 g/mol. The van der Waals surface area contributed by atoms with E-state index in [2.05, 4.69) is 16.0 Å². The standard InChI is InChI=1S/C19H14ClFN4S/c20-14-5-1-12(2-6-14)9-17-16(10-22)18(23)25-19(24-17)26-11-13-3-7-15(21)8-4-13/h1-8H,9,11H2,(H2,23,24,25). The summed E-state index contributed by atoms with van der Waals surface area (Å²) in [5.74, 6) is 0.461. The van der Waals surface area contributed by atoms with Crippen LogP contribution in [0, 0.1) is 17.1 Å². The Balaban J connectivity index is 1.83. The largest absolute Gasteiger partial charge is 0.382 e. The van der Waals surface area contributed by atoms with Crippen LogP contribution in [0.5, 0.6) is 0 Å². The lowest BCUT2D eigenvalue weighted by Gasteiger charge is -2.09. The zero-order valence-electron chi connectivity index (χ0n) is 13.6. The number of benzene rings is 2. The topological polar surface area (TPSA) is 75.6 Å². The van der Waals surface area contributed by atoms with Gasteiger partial charge in [-0.3, -0.25) is 0 Å². The van der Waals surface area contributed by atoms with Crippen molar-refractivity contribution in [1.82, 2.24) is 9.97 Å². The van der Waals surface area contributed by atoms with Crippen LogP contribution in [0.2, 0.25) is 5.02 Å². The summed E-state index contributed by atoms with van der Waals surface area (Å²) < 4.78 is 13.0. The van der Waals surface area contributed by atoms with Crippen molar-refractivity contribution in [1.29, 1.82) is 5.26 Å². The van der Waals surface area contributed by atoms with Crippen LogP contribution in [0.1, 0.15) is 22.4 Å². The van der Waals surface area contributed by atoms with E-state index < -0.39 is 0 Å². The molecule has 0 unspecified atom stereocenters. The Hall–Kier alpha value is -2.62. The fraction of sp³-hybridized carbons (Fsp3) is 0.105. The number of halogens is 2. The minimum absolute atomic E-state index is 0.160. The molecule has 0 aliphatic heterocycles. The van der Waals surface area contributed by atoms with Crippen LogP contribution in [0.3, 0.4) is 0 Å². The quantitative estimate of drug-likeness (QED) is 0.513. The number of nitrogens with zero attached hydrogens (tertiary/aromatic N) is 3. The van der Waals surface area contributed by atoms with E-state index in [0.717, 1.165) is 11.1 Å². The summed E-state index contributed by atoms with van der Waals surface area (Å²) in [5.41, 5.74) is 8.72. The van der Waals surface area contributed by atoms with Crippen molar-refractivity contribution < 1.29 is 4.39 Å². The average molecular weight is 385 g/mol. The van der Waals surface area contributed by atoms with Crippen molar-refractivity contribution in [3.8, 4) is 6.07 Å². The van der Waals surface area contributed by atoms with E-state index in [1.807, 2.05) is 12.1 Å². The third-order valence-electron chi connectivity index (χ3n) is 3.67. The lowest BCUT2D eigenvalue weighted by Crippen LogP contribution is -2.06. The van der Waals surface area contributed by atoms with Crippen molar-refractivity contribution in [2.45, 2.75) is 17.3 Å². The molecule has 3 aromatic rings. The van der Waals surface area contributed by atoms with Gasteiger partial charge in [-0.2, -0.15) is 5.26 Å². The van der Waals surface area contributed by atoms with Gasteiger partial charge in [0.25, 0.3) is 0 Å².